The molecule has 0 spiro atoms. The molecule has 7 aliphatic rings. The van der Waals surface area contributed by atoms with Gasteiger partial charge in [-0.2, -0.15) is 5.26 Å². The highest BCUT2D eigenvalue weighted by atomic mass is 19.1. The van der Waals surface area contributed by atoms with E-state index in [1.54, 1.807) is 0 Å². The van der Waals surface area contributed by atoms with Crippen molar-refractivity contribution in [1.82, 2.24) is 0 Å². The molecule has 5 aliphatic carbocycles. The molecule has 4 bridgehead atoms. The molecule has 1 atom stereocenters. The molecule has 9 rings (SSSR count). The van der Waals surface area contributed by atoms with Gasteiger partial charge in [-0.25, -0.2) is 4.39 Å². The lowest BCUT2D eigenvalue weighted by molar-refractivity contribution is -0.194. The smallest absolute Gasteiger partial charge is 0.132 e. The number of hydrogen-bond donors (Lipinski definition) is 0. The first-order chi connectivity index (χ1) is 16.4. The molecule has 176 valence electrons. The van der Waals surface area contributed by atoms with Crippen LogP contribution in [-0.4, -0.2) is 24.9 Å². The van der Waals surface area contributed by atoms with E-state index < -0.39 is 5.67 Å². The van der Waals surface area contributed by atoms with Gasteiger partial charge in [0.2, 0.25) is 0 Å². The molecule has 2 aromatic rings. The lowest BCUT2D eigenvalue weighted by atomic mass is 9.48. The van der Waals surface area contributed by atoms with Crippen LogP contribution in [0.2, 0.25) is 0 Å². The highest BCUT2D eigenvalue weighted by Gasteiger charge is 2.69. The molecule has 0 amide bonds. The summed E-state index contributed by atoms with van der Waals surface area (Å²) >= 11 is 0. The zero-order chi connectivity index (χ0) is 23.2. The van der Waals surface area contributed by atoms with Crippen LogP contribution in [0.1, 0.15) is 68.1 Å². The molecular formula is C30H33FN2O. The first-order valence-electron chi connectivity index (χ1n) is 13.1. The van der Waals surface area contributed by atoms with E-state index in [-0.39, 0.29) is 22.5 Å². The Kier molecular flexibility index (Phi) is 4.22. The van der Waals surface area contributed by atoms with Crippen LogP contribution in [-0.2, 0) is 15.8 Å². The van der Waals surface area contributed by atoms with Crippen molar-refractivity contribution in [3.8, 4) is 6.07 Å². The van der Waals surface area contributed by atoms with Gasteiger partial charge < -0.3 is 9.64 Å². The molecule has 2 aromatic carbocycles. The Labute approximate surface area is 201 Å². The molecule has 0 N–H and O–H groups in total. The summed E-state index contributed by atoms with van der Waals surface area (Å²) in [5.74, 6) is 0.510. The number of fused-ring (bicyclic) bond motifs is 3. The van der Waals surface area contributed by atoms with Crippen LogP contribution >= 0.6 is 0 Å². The number of hydrogen-bond acceptors (Lipinski definition) is 3. The maximum Gasteiger partial charge on any atom is 0.132 e. The highest BCUT2D eigenvalue weighted by molar-refractivity contribution is 5.53. The normalized spacial score (nSPS) is 38.4. The van der Waals surface area contributed by atoms with E-state index in [4.69, 9.17) is 4.74 Å². The number of halogens is 1. The fourth-order valence-corrected chi connectivity index (χ4v) is 7.45. The van der Waals surface area contributed by atoms with E-state index in [0.717, 1.165) is 70.1 Å². The number of rotatable bonds is 6. The highest BCUT2D eigenvalue weighted by Crippen LogP contribution is 2.63. The van der Waals surface area contributed by atoms with Crippen LogP contribution in [0.15, 0.2) is 48.5 Å². The van der Waals surface area contributed by atoms with Crippen molar-refractivity contribution in [1.29, 1.82) is 5.26 Å². The van der Waals surface area contributed by atoms with Gasteiger partial charge in [-0.1, -0.05) is 36.4 Å². The number of anilines is 1. The van der Waals surface area contributed by atoms with E-state index in [2.05, 4.69) is 66.4 Å². The van der Waals surface area contributed by atoms with Crippen molar-refractivity contribution in [2.75, 3.05) is 18.1 Å². The molecule has 4 heteroatoms. The van der Waals surface area contributed by atoms with E-state index in [9.17, 15) is 5.26 Å². The lowest BCUT2D eigenvalue weighted by Gasteiger charge is -2.67. The fraction of sp³-hybridized carbons (Fsp3) is 0.567. The van der Waals surface area contributed by atoms with Gasteiger partial charge >= 0.3 is 0 Å². The topological polar surface area (TPSA) is 36.3 Å². The molecule has 3 nitrogen and oxygen atoms in total. The van der Waals surface area contributed by atoms with Gasteiger partial charge in [-0.15, -0.1) is 0 Å². The van der Waals surface area contributed by atoms with Gasteiger partial charge in [0, 0.05) is 17.6 Å². The van der Waals surface area contributed by atoms with Gasteiger partial charge in [0.05, 0.1) is 29.7 Å². The Bertz CT molecular complexity index is 1150. The number of nitrogens with zero attached hydrogens (tertiary/aromatic N) is 2. The van der Waals surface area contributed by atoms with Crippen molar-refractivity contribution in [3.63, 3.8) is 0 Å². The Morgan fingerprint density at radius 2 is 1.71 bits per heavy atom. The standard InChI is InChI=1S/C30H33FN2O/c1-21-3-2-4-25(15-21)33(26-22-16-29(26,31)17-22)19-27-9-13-30(14-10-27,34-20-27)24-7-5-23(6-8-24)28(18-32)11-12-28/h2-8,15,22,26H,9-14,16-17,19-20H2,1H3. The number of benzene rings is 2. The summed E-state index contributed by atoms with van der Waals surface area (Å²) in [6, 6.07) is 19.9. The summed E-state index contributed by atoms with van der Waals surface area (Å²) in [5.41, 5.74) is 3.51. The average molecular weight is 457 g/mol. The third-order valence-corrected chi connectivity index (χ3v) is 10.1. The molecule has 2 saturated heterocycles. The molecule has 0 aromatic heterocycles. The van der Waals surface area contributed by atoms with Crippen LogP contribution in [0.4, 0.5) is 10.1 Å². The summed E-state index contributed by atoms with van der Waals surface area (Å²) in [7, 11) is 0. The van der Waals surface area contributed by atoms with E-state index in [1.165, 1.54) is 16.8 Å². The van der Waals surface area contributed by atoms with Crippen LogP contribution in [0.3, 0.4) is 0 Å². The minimum atomic E-state index is -0.983. The maximum atomic E-state index is 15.3. The molecule has 2 heterocycles. The van der Waals surface area contributed by atoms with Crippen molar-refractivity contribution < 1.29 is 9.13 Å². The Morgan fingerprint density at radius 3 is 2.21 bits per heavy atom. The minimum Gasteiger partial charge on any atom is -0.370 e. The van der Waals surface area contributed by atoms with Crippen molar-refractivity contribution >= 4 is 5.69 Å². The predicted octanol–water partition coefficient (Wildman–Crippen LogP) is 6.34. The number of alkyl halides is 1. The summed E-state index contributed by atoms with van der Waals surface area (Å²) in [6.07, 6.45) is 7.73. The molecule has 2 aliphatic heterocycles. The van der Waals surface area contributed by atoms with E-state index in [1.807, 2.05) is 0 Å². The second-order valence-electron chi connectivity index (χ2n) is 12.2. The Morgan fingerprint density at radius 1 is 1.00 bits per heavy atom. The zero-order valence-corrected chi connectivity index (χ0v) is 20.0. The molecule has 34 heavy (non-hydrogen) atoms. The molecule has 1 unspecified atom stereocenters. The van der Waals surface area contributed by atoms with Crippen molar-refractivity contribution in [2.45, 2.75) is 81.0 Å². The molecule has 5 saturated carbocycles. The van der Waals surface area contributed by atoms with Crippen LogP contribution < -0.4 is 4.90 Å². The molecule has 7 fully saturated rings. The molecule has 0 radical (unpaired) electrons. The first-order valence-corrected chi connectivity index (χ1v) is 13.1. The average Bonchev–Trinajstić information content (AvgIpc) is 3.65. The summed E-state index contributed by atoms with van der Waals surface area (Å²) in [5, 5.41) is 9.52. The van der Waals surface area contributed by atoms with Crippen molar-refractivity contribution in [3.05, 3.63) is 65.2 Å². The summed E-state index contributed by atoms with van der Waals surface area (Å²) < 4.78 is 22.0. The second kappa shape index (κ2) is 6.85. The lowest BCUT2D eigenvalue weighted by Crippen LogP contribution is -2.76. The van der Waals surface area contributed by atoms with Gasteiger partial charge in [-0.3, -0.25) is 0 Å². The minimum absolute atomic E-state index is 0.0414. The van der Waals surface area contributed by atoms with Crippen LogP contribution in [0.25, 0.3) is 0 Å². The second-order valence-corrected chi connectivity index (χ2v) is 12.2. The molecular weight excluding hydrogens is 423 g/mol. The monoisotopic (exact) mass is 456 g/mol. The summed E-state index contributed by atoms with van der Waals surface area (Å²) in [4.78, 5) is 2.41. The van der Waals surface area contributed by atoms with E-state index >= 15 is 4.39 Å². The van der Waals surface area contributed by atoms with Crippen molar-refractivity contribution in [2.24, 2.45) is 11.3 Å². The maximum absolute atomic E-state index is 15.3. The third-order valence-electron chi connectivity index (χ3n) is 10.1. The van der Waals surface area contributed by atoms with Gasteiger partial charge in [0.25, 0.3) is 0 Å². The van der Waals surface area contributed by atoms with E-state index in [0.29, 0.717) is 5.92 Å². The van der Waals surface area contributed by atoms with Crippen LogP contribution in [0.5, 0.6) is 0 Å². The fourth-order valence-electron chi connectivity index (χ4n) is 7.45. The Balaban J connectivity index is 1.11. The van der Waals surface area contributed by atoms with Crippen LogP contribution in [0, 0.1) is 29.6 Å². The largest absolute Gasteiger partial charge is 0.370 e. The SMILES string of the molecule is Cc1cccc(N(CC23CCC(c4ccc(C5(C#N)CC5)cc4)(CC2)OC3)C2C3CC2(F)C3)c1. The predicted molar refractivity (Wildman–Crippen MR) is 130 cm³/mol. The number of ether oxygens (including phenoxy) is 1. The van der Waals surface area contributed by atoms with Gasteiger partial charge in [0.1, 0.15) is 5.67 Å². The van der Waals surface area contributed by atoms with Gasteiger partial charge in [-0.05, 0) is 93.0 Å². The number of nitriles is 1. The zero-order valence-electron chi connectivity index (χ0n) is 20.0. The third kappa shape index (κ3) is 2.89. The number of aryl methyl sites for hydroxylation is 1. The van der Waals surface area contributed by atoms with Gasteiger partial charge in [0.15, 0.2) is 0 Å². The Hall–Kier alpha value is -2.38. The quantitative estimate of drug-likeness (QED) is 0.509. The first kappa shape index (κ1) is 20.9. The summed E-state index contributed by atoms with van der Waals surface area (Å²) in [6.45, 7) is 3.76.